The van der Waals surface area contributed by atoms with Crippen molar-refractivity contribution in [2.45, 2.75) is 33.4 Å². The molecule has 4 heteroatoms. The van der Waals surface area contributed by atoms with Gasteiger partial charge in [0.1, 0.15) is 5.76 Å². The molecule has 80 valence electrons. The zero-order valence-electron chi connectivity index (χ0n) is 8.40. The zero-order chi connectivity index (χ0) is 10.9. The molecule has 0 amide bonds. The van der Waals surface area contributed by atoms with E-state index in [0.717, 1.165) is 0 Å². The molecule has 0 bridgehead atoms. The molecule has 1 heterocycles. The van der Waals surface area contributed by atoms with Gasteiger partial charge in [-0.15, -0.1) is 0 Å². The number of furan rings is 1. The molecule has 0 aliphatic rings. The van der Waals surface area contributed by atoms with Crippen molar-refractivity contribution in [2.24, 2.45) is 5.92 Å². The second kappa shape index (κ2) is 3.67. The van der Waals surface area contributed by atoms with Gasteiger partial charge in [-0.05, 0) is 25.3 Å². The highest BCUT2D eigenvalue weighted by Crippen LogP contribution is 2.34. The highest BCUT2D eigenvalue weighted by Gasteiger charge is 2.37. The summed E-state index contributed by atoms with van der Waals surface area (Å²) in [6.07, 6.45) is -3.98. The molecule has 0 N–H and O–H groups in total. The summed E-state index contributed by atoms with van der Waals surface area (Å²) in [6, 6.07) is 1.46. The minimum atomic E-state index is -4.38. The topological polar surface area (TPSA) is 13.1 Å². The van der Waals surface area contributed by atoms with Crippen LogP contribution in [-0.2, 0) is 12.6 Å². The van der Waals surface area contributed by atoms with Crippen molar-refractivity contribution < 1.29 is 17.6 Å². The molecule has 1 rings (SSSR count). The lowest BCUT2D eigenvalue weighted by Gasteiger charge is -2.07. The quantitative estimate of drug-likeness (QED) is 0.717. The molecule has 0 spiro atoms. The lowest BCUT2D eigenvalue weighted by molar-refractivity contribution is -0.154. The van der Waals surface area contributed by atoms with Gasteiger partial charge in [-0.2, -0.15) is 13.2 Å². The number of alkyl halides is 3. The molecule has 0 atom stereocenters. The van der Waals surface area contributed by atoms with Crippen LogP contribution in [-0.4, -0.2) is 0 Å². The van der Waals surface area contributed by atoms with Crippen LogP contribution in [0.15, 0.2) is 10.5 Å². The van der Waals surface area contributed by atoms with E-state index < -0.39 is 11.9 Å². The number of hydrogen-bond donors (Lipinski definition) is 0. The van der Waals surface area contributed by atoms with Gasteiger partial charge < -0.3 is 4.42 Å². The van der Waals surface area contributed by atoms with Crippen LogP contribution < -0.4 is 0 Å². The monoisotopic (exact) mass is 206 g/mol. The van der Waals surface area contributed by atoms with Gasteiger partial charge >= 0.3 is 6.18 Å². The van der Waals surface area contributed by atoms with Gasteiger partial charge in [0.25, 0.3) is 0 Å². The Balaban J connectivity index is 3.03. The van der Waals surface area contributed by atoms with Crippen LogP contribution in [0, 0.1) is 12.8 Å². The summed E-state index contributed by atoms with van der Waals surface area (Å²) in [5.74, 6) is -0.343. The lowest BCUT2D eigenvalue weighted by atomic mass is 10.0. The molecular formula is C10H13F3O. The molecule has 1 nitrogen and oxygen atoms in total. The van der Waals surface area contributed by atoms with Gasteiger partial charge in [-0.3, -0.25) is 0 Å². The maximum absolute atomic E-state index is 12.4. The van der Waals surface area contributed by atoms with Gasteiger partial charge in [-0.25, -0.2) is 0 Å². The largest absolute Gasteiger partial charge is 0.457 e. The van der Waals surface area contributed by atoms with E-state index in [-0.39, 0.29) is 11.5 Å². The van der Waals surface area contributed by atoms with Crippen LogP contribution in [0.3, 0.4) is 0 Å². The summed E-state index contributed by atoms with van der Waals surface area (Å²) in [4.78, 5) is 0. The number of hydrogen-bond acceptors (Lipinski definition) is 1. The van der Waals surface area contributed by atoms with E-state index in [0.29, 0.717) is 12.2 Å². The average molecular weight is 206 g/mol. The van der Waals surface area contributed by atoms with Gasteiger partial charge in [0.2, 0.25) is 5.76 Å². The minimum absolute atomic E-state index is 0.188. The Morgan fingerprint density at radius 1 is 1.36 bits per heavy atom. The van der Waals surface area contributed by atoms with Crippen molar-refractivity contribution in [3.63, 3.8) is 0 Å². The van der Waals surface area contributed by atoms with Crippen LogP contribution in [0.25, 0.3) is 0 Å². The van der Waals surface area contributed by atoms with E-state index in [1.807, 2.05) is 13.8 Å². The van der Waals surface area contributed by atoms with Crippen molar-refractivity contribution in [3.8, 4) is 0 Å². The lowest BCUT2D eigenvalue weighted by Crippen LogP contribution is -2.08. The second-order valence-corrected chi connectivity index (χ2v) is 3.81. The predicted octanol–water partition coefficient (Wildman–Crippen LogP) is 3.81. The maximum Gasteiger partial charge on any atom is 0.449 e. The third-order valence-corrected chi connectivity index (χ3v) is 1.82. The fourth-order valence-corrected chi connectivity index (χ4v) is 1.40. The third kappa shape index (κ3) is 2.53. The summed E-state index contributed by atoms with van der Waals surface area (Å²) in [5, 5.41) is 0. The smallest absolute Gasteiger partial charge is 0.449 e. The molecule has 0 radical (unpaired) electrons. The number of halogens is 3. The molecule has 0 aliphatic heterocycles. The van der Waals surface area contributed by atoms with Crippen molar-refractivity contribution in [3.05, 3.63) is 23.2 Å². The van der Waals surface area contributed by atoms with Gasteiger partial charge in [0.15, 0.2) is 0 Å². The van der Waals surface area contributed by atoms with Crippen LogP contribution >= 0.6 is 0 Å². The van der Waals surface area contributed by atoms with E-state index in [2.05, 4.69) is 4.42 Å². The van der Waals surface area contributed by atoms with Crippen molar-refractivity contribution in [1.29, 1.82) is 0 Å². The summed E-state index contributed by atoms with van der Waals surface area (Å²) in [7, 11) is 0. The SMILES string of the molecule is Cc1cc(CC(C)C)c(C(F)(F)F)o1. The number of aryl methyl sites for hydroxylation is 1. The maximum atomic E-state index is 12.4. The molecule has 0 saturated heterocycles. The molecule has 0 aliphatic carbocycles. The fraction of sp³-hybridized carbons (Fsp3) is 0.600. The molecule has 14 heavy (non-hydrogen) atoms. The van der Waals surface area contributed by atoms with Crippen molar-refractivity contribution in [1.82, 2.24) is 0 Å². The Labute approximate surface area is 80.9 Å². The van der Waals surface area contributed by atoms with Crippen LogP contribution in [0.2, 0.25) is 0 Å². The normalized spacial score (nSPS) is 12.5. The summed E-state index contributed by atoms with van der Waals surface area (Å²) in [5.41, 5.74) is 0.255. The first-order chi connectivity index (χ1) is 6.30. The highest BCUT2D eigenvalue weighted by molar-refractivity contribution is 5.23. The Kier molecular flexibility index (Phi) is 2.92. The molecule has 0 aromatic carbocycles. The third-order valence-electron chi connectivity index (χ3n) is 1.82. The number of rotatable bonds is 2. The van der Waals surface area contributed by atoms with E-state index in [4.69, 9.17) is 0 Å². The predicted molar refractivity (Wildman–Crippen MR) is 47.0 cm³/mol. The minimum Gasteiger partial charge on any atom is -0.457 e. The van der Waals surface area contributed by atoms with Gasteiger partial charge in [0, 0.05) is 5.56 Å². The Morgan fingerprint density at radius 2 is 1.93 bits per heavy atom. The van der Waals surface area contributed by atoms with Crippen LogP contribution in [0.4, 0.5) is 13.2 Å². The summed E-state index contributed by atoms with van der Waals surface area (Å²) >= 11 is 0. The molecule has 0 fully saturated rings. The van der Waals surface area contributed by atoms with Crippen LogP contribution in [0.1, 0.15) is 30.9 Å². The highest BCUT2D eigenvalue weighted by atomic mass is 19.4. The van der Waals surface area contributed by atoms with Crippen molar-refractivity contribution >= 4 is 0 Å². The summed E-state index contributed by atoms with van der Waals surface area (Å²) < 4.78 is 41.9. The van der Waals surface area contributed by atoms with E-state index in [1.54, 1.807) is 0 Å². The molecular weight excluding hydrogens is 193 g/mol. The fourth-order valence-electron chi connectivity index (χ4n) is 1.40. The van der Waals surface area contributed by atoms with Crippen molar-refractivity contribution in [2.75, 3.05) is 0 Å². The average Bonchev–Trinajstić information content (AvgIpc) is 2.28. The first-order valence-corrected chi connectivity index (χ1v) is 4.47. The van der Waals surface area contributed by atoms with Gasteiger partial charge in [0.05, 0.1) is 0 Å². The van der Waals surface area contributed by atoms with E-state index >= 15 is 0 Å². The zero-order valence-corrected chi connectivity index (χ0v) is 8.40. The van der Waals surface area contributed by atoms with E-state index in [1.165, 1.54) is 13.0 Å². The van der Waals surface area contributed by atoms with E-state index in [9.17, 15) is 13.2 Å². The Bertz CT molecular complexity index is 310. The summed E-state index contributed by atoms with van der Waals surface area (Å²) in [6.45, 7) is 5.28. The first-order valence-electron chi connectivity index (χ1n) is 4.47. The van der Waals surface area contributed by atoms with Crippen LogP contribution in [0.5, 0.6) is 0 Å². The standard InChI is InChI=1S/C10H13F3O/c1-6(2)4-8-5-7(3)14-9(8)10(11,12)13/h5-6H,4H2,1-3H3. The molecule has 1 aromatic heterocycles. The Hall–Kier alpha value is -0.930. The van der Waals surface area contributed by atoms with Gasteiger partial charge in [-0.1, -0.05) is 13.8 Å². The first kappa shape index (κ1) is 11.1. The molecule has 1 aromatic rings. The second-order valence-electron chi connectivity index (χ2n) is 3.81. The molecule has 0 saturated carbocycles. The molecule has 0 unspecified atom stereocenters. The Morgan fingerprint density at radius 3 is 2.36 bits per heavy atom.